The second kappa shape index (κ2) is 11.0. The van der Waals surface area contributed by atoms with Crippen LogP contribution in [0.1, 0.15) is 57.9 Å². The van der Waals surface area contributed by atoms with Crippen molar-refractivity contribution in [3.63, 3.8) is 0 Å². The molecule has 0 aliphatic carbocycles. The van der Waals surface area contributed by atoms with Gasteiger partial charge in [-0.15, -0.1) is 0 Å². The van der Waals surface area contributed by atoms with Gasteiger partial charge in [0.05, 0.1) is 9.85 Å². The van der Waals surface area contributed by atoms with Crippen molar-refractivity contribution in [1.29, 1.82) is 0 Å². The Labute approximate surface area is 152 Å². The minimum Gasteiger partial charge on any atom is -0.415 e. The Kier molecular flexibility index (Phi) is 8.97. The lowest BCUT2D eigenvalue weighted by Gasteiger charge is -2.10. The van der Waals surface area contributed by atoms with Crippen molar-refractivity contribution in [1.82, 2.24) is 0 Å². The largest absolute Gasteiger partial charge is 0.415 e. The highest BCUT2D eigenvalue weighted by Crippen LogP contribution is 2.40. The Balaban J connectivity index is 3.10. The number of nitro groups is 2. The number of ether oxygens (including phenoxy) is 1. The Bertz CT molecular complexity index is 685. The second-order valence-corrected chi connectivity index (χ2v) is 5.87. The van der Waals surface area contributed by atoms with E-state index in [0.717, 1.165) is 50.7 Å². The van der Waals surface area contributed by atoms with Crippen LogP contribution in [-0.2, 0) is 11.2 Å². The van der Waals surface area contributed by atoms with E-state index in [1.54, 1.807) is 6.92 Å². The molecule has 0 N–H and O–H groups in total. The summed E-state index contributed by atoms with van der Waals surface area (Å²) in [5, 5.41) is 22.5. The zero-order valence-corrected chi connectivity index (χ0v) is 15.1. The van der Waals surface area contributed by atoms with Crippen molar-refractivity contribution in [2.45, 2.75) is 58.8 Å². The quantitative estimate of drug-likeness (QED) is 0.138. The monoisotopic (exact) mass is 364 g/mol. The first-order valence-corrected chi connectivity index (χ1v) is 8.71. The summed E-state index contributed by atoms with van der Waals surface area (Å²) in [6.07, 6.45) is 9.16. The second-order valence-electron chi connectivity index (χ2n) is 5.87. The third-order valence-corrected chi connectivity index (χ3v) is 3.88. The number of nitro benzene ring substituents is 2. The van der Waals surface area contributed by atoms with E-state index in [4.69, 9.17) is 4.74 Å². The number of benzene rings is 1. The van der Waals surface area contributed by atoms with Gasteiger partial charge in [-0.1, -0.05) is 45.1 Å². The van der Waals surface area contributed by atoms with Gasteiger partial charge in [0.2, 0.25) is 5.75 Å². The molecular weight excluding hydrogens is 340 g/mol. The number of hydrogen-bond acceptors (Lipinski definition) is 6. The number of hydrogen-bond donors (Lipinski definition) is 0. The van der Waals surface area contributed by atoms with Gasteiger partial charge in [0.25, 0.3) is 0 Å². The van der Waals surface area contributed by atoms with Crippen LogP contribution < -0.4 is 4.74 Å². The maximum absolute atomic E-state index is 11.8. The minimum atomic E-state index is -0.874. The summed E-state index contributed by atoms with van der Waals surface area (Å²) < 4.78 is 5.09. The Morgan fingerprint density at radius 3 is 2.31 bits per heavy atom. The average Bonchev–Trinajstić information content (AvgIpc) is 2.58. The molecule has 0 aromatic heterocycles. The smallest absolute Gasteiger partial charge is 0.388 e. The van der Waals surface area contributed by atoms with E-state index < -0.39 is 27.2 Å². The SMILES string of the molecule is C/C=C/C(=O)Oc1c(CCCCCCCC)ccc([N+](=O)[O-])c1[N+](=O)[O-]. The predicted octanol–water partition coefficient (Wildman–Crippen LogP) is 4.89. The van der Waals surface area contributed by atoms with Crippen molar-refractivity contribution in [3.05, 3.63) is 50.1 Å². The maximum Gasteiger partial charge on any atom is 0.388 e. The standard InChI is InChI=1S/C18H24N2O6/c1-3-5-6-7-8-9-11-14-12-13-15(19(22)23)17(20(24)25)18(14)26-16(21)10-4-2/h4,10,12-13H,3,5-9,11H2,1-2H3/b10-4+. The molecule has 0 spiro atoms. The Morgan fingerprint density at radius 1 is 1.08 bits per heavy atom. The number of rotatable bonds is 11. The van der Waals surface area contributed by atoms with Gasteiger partial charge in [-0.25, -0.2) is 4.79 Å². The van der Waals surface area contributed by atoms with Crippen LogP contribution in [0.15, 0.2) is 24.3 Å². The van der Waals surface area contributed by atoms with E-state index in [2.05, 4.69) is 6.92 Å². The van der Waals surface area contributed by atoms with Gasteiger partial charge in [0, 0.05) is 17.7 Å². The molecule has 0 bridgehead atoms. The molecule has 0 unspecified atom stereocenters. The zero-order chi connectivity index (χ0) is 19.5. The van der Waals surface area contributed by atoms with Crippen molar-refractivity contribution in [2.75, 3.05) is 0 Å². The fourth-order valence-electron chi connectivity index (χ4n) is 2.60. The third-order valence-electron chi connectivity index (χ3n) is 3.88. The molecule has 8 heteroatoms. The summed E-state index contributed by atoms with van der Waals surface area (Å²) in [7, 11) is 0. The van der Waals surface area contributed by atoms with Crippen LogP contribution in [0.25, 0.3) is 0 Å². The molecule has 0 heterocycles. The number of aryl methyl sites for hydroxylation is 1. The van der Waals surface area contributed by atoms with E-state index in [0.29, 0.717) is 12.0 Å². The van der Waals surface area contributed by atoms with E-state index in [1.807, 2.05) is 0 Å². The summed E-state index contributed by atoms with van der Waals surface area (Å²) in [6.45, 7) is 3.72. The van der Waals surface area contributed by atoms with E-state index in [1.165, 1.54) is 12.1 Å². The van der Waals surface area contributed by atoms with E-state index >= 15 is 0 Å². The van der Waals surface area contributed by atoms with Crippen LogP contribution in [0.2, 0.25) is 0 Å². The summed E-state index contributed by atoms with van der Waals surface area (Å²) in [4.78, 5) is 32.5. The summed E-state index contributed by atoms with van der Waals surface area (Å²) in [5.41, 5.74) is -1.04. The van der Waals surface area contributed by atoms with Gasteiger partial charge in [-0.2, -0.15) is 0 Å². The Morgan fingerprint density at radius 2 is 1.73 bits per heavy atom. The molecule has 0 saturated carbocycles. The normalized spacial score (nSPS) is 10.8. The first kappa shape index (κ1) is 21.3. The van der Waals surface area contributed by atoms with Gasteiger partial charge >= 0.3 is 17.3 Å². The predicted molar refractivity (Wildman–Crippen MR) is 97.3 cm³/mol. The molecule has 26 heavy (non-hydrogen) atoms. The number of esters is 1. The van der Waals surface area contributed by atoms with Crippen molar-refractivity contribution in [2.24, 2.45) is 0 Å². The number of carbonyl (C=O) groups is 1. The average molecular weight is 364 g/mol. The van der Waals surface area contributed by atoms with Gasteiger partial charge < -0.3 is 4.74 Å². The summed E-state index contributed by atoms with van der Waals surface area (Å²) in [6, 6.07) is 2.52. The fourth-order valence-corrected chi connectivity index (χ4v) is 2.60. The van der Waals surface area contributed by atoms with Crippen LogP contribution in [0.4, 0.5) is 11.4 Å². The van der Waals surface area contributed by atoms with Crippen LogP contribution in [-0.4, -0.2) is 15.8 Å². The molecule has 0 radical (unpaired) electrons. The topological polar surface area (TPSA) is 113 Å². The molecule has 142 valence electrons. The van der Waals surface area contributed by atoms with Crippen molar-refractivity contribution in [3.8, 4) is 5.75 Å². The highest BCUT2D eigenvalue weighted by Gasteiger charge is 2.33. The molecule has 0 amide bonds. The molecule has 8 nitrogen and oxygen atoms in total. The first-order chi connectivity index (χ1) is 12.4. The maximum atomic E-state index is 11.8. The van der Waals surface area contributed by atoms with E-state index in [-0.39, 0.29) is 5.75 Å². The van der Waals surface area contributed by atoms with Gasteiger partial charge in [0.15, 0.2) is 0 Å². The van der Waals surface area contributed by atoms with Crippen molar-refractivity contribution < 1.29 is 19.4 Å². The van der Waals surface area contributed by atoms with Gasteiger partial charge in [-0.05, 0) is 25.8 Å². The van der Waals surface area contributed by atoms with Crippen LogP contribution >= 0.6 is 0 Å². The number of unbranched alkanes of at least 4 members (excludes halogenated alkanes) is 5. The van der Waals surface area contributed by atoms with Crippen LogP contribution in [0.5, 0.6) is 5.75 Å². The number of carbonyl (C=O) groups excluding carboxylic acids is 1. The molecule has 0 saturated heterocycles. The molecule has 1 aromatic rings. The molecule has 1 aromatic carbocycles. The van der Waals surface area contributed by atoms with E-state index in [9.17, 15) is 25.0 Å². The number of nitrogens with zero attached hydrogens (tertiary/aromatic N) is 2. The van der Waals surface area contributed by atoms with Crippen LogP contribution in [0, 0.1) is 20.2 Å². The number of allylic oxidation sites excluding steroid dienone is 1. The lowest BCUT2D eigenvalue weighted by Crippen LogP contribution is -2.10. The fraction of sp³-hybridized carbons (Fsp3) is 0.500. The highest BCUT2D eigenvalue weighted by atomic mass is 16.6. The lowest BCUT2D eigenvalue weighted by atomic mass is 10.0. The summed E-state index contributed by atoms with van der Waals surface area (Å²) in [5.74, 6) is -1.14. The first-order valence-electron chi connectivity index (χ1n) is 8.71. The van der Waals surface area contributed by atoms with Crippen LogP contribution in [0.3, 0.4) is 0 Å². The Hall–Kier alpha value is -2.77. The van der Waals surface area contributed by atoms with Gasteiger partial charge in [0.1, 0.15) is 0 Å². The van der Waals surface area contributed by atoms with Gasteiger partial charge in [-0.3, -0.25) is 20.2 Å². The molecule has 1 rings (SSSR count). The van der Waals surface area contributed by atoms with Crippen molar-refractivity contribution >= 4 is 17.3 Å². The molecule has 0 fully saturated rings. The molecular formula is C18H24N2O6. The molecule has 0 atom stereocenters. The summed E-state index contributed by atoms with van der Waals surface area (Å²) >= 11 is 0. The molecule has 0 aliphatic rings. The minimum absolute atomic E-state index is 0.333. The lowest BCUT2D eigenvalue weighted by molar-refractivity contribution is -0.423. The zero-order valence-electron chi connectivity index (χ0n) is 15.1. The molecule has 0 aliphatic heterocycles. The highest BCUT2D eigenvalue weighted by molar-refractivity contribution is 5.85. The third kappa shape index (κ3) is 6.27.